The fourth-order valence-corrected chi connectivity index (χ4v) is 19.7. The number of aromatic nitrogens is 2. The molecule has 0 radical (unpaired) electrons. The standard InChI is InChI=1S/C79H125N27O25S4.C2HF3O2/c1-8-36(6)59-74(127)96-46(61(84)114)29-132-133-30-47-66(119)95-45(28-107)65(118)94-43(25-55(83)111)77(130)106-22-12-16-52(106)71(124)100-57(34(2)3)73(126)99-49(32-135-134-31-48(67(120)97-47)98-70(123)51-15-11-21-105(51)78(131)44(26-56(112)113)92-62(115)39(80)13-9-19-88-79(85)86)68(121)103-60(37(7)108)75(128)101-58(35(4)5)72(125)91-41(23-38-27-87-33-89-38)64(117)93-42(24-54(82)110)76(129)104-20-10-14-50(104)69(122)90-40(63(116)102-59)17-18-53(81)109;3-2(4,5)1(6)7/h27,33-37,39-52,57-60,107-108H,8-26,28-32,80H2,1-7H3,(H2,81,109)(H2,82,110)(H2,83,111)(H2,84,114)(H,87,89)(H,90,122)(H,91,125)(H,92,115)(H,93,117)(H,94,118)(H,95,119)(H,96,127)(H,97,120)(H,98,123)(H,99,126)(H,100,124)(H,101,128)(H,102,116)(H,103,121)(H,112,113)(H4,85,86,88);(H,6,7)/t36-,37+,39-,40?,41?,42-,43-,44-,45-,46-,47-,48-,49-,50-,51-,52-,57-,58?,59?,60-;/m0./s1. The van der Waals surface area contributed by atoms with Crippen molar-refractivity contribution in [1.29, 1.82) is 5.41 Å². The fraction of sp³-hybridized carbons (Fsp3) is 0.667. The minimum atomic E-state index is -5.08. The first-order valence-electron chi connectivity index (χ1n) is 45.0. The van der Waals surface area contributed by atoms with E-state index in [1.807, 2.05) is 0 Å². The number of H-pyrrole nitrogens is 1. The number of alkyl halides is 3. The number of aromatic amines is 1. The van der Waals surface area contributed by atoms with Gasteiger partial charge in [0, 0.05) is 73.9 Å². The predicted octanol–water partition coefficient (Wildman–Crippen LogP) is -10.6. The van der Waals surface area contributed by atoms with Crippen LogP contribution >= 0.6 is 43.2 Å². The lowest BCUT2D eigenvalue weighted by Crippen LogP contribution is -2.63. The van der Waals surface area contributed by atoms with Crippen LogP contribution in [0.5, 0.6) is 0 Å². The van der Waals surface area contributed by atoms with E-state index >= 15 is 24.0 Å². The summed E-state index contributed by atoms with van der Waals surface area (Å²) in [6.45, 7) is 8.22. The molecule has 5 fully saturated rings. The summed E-state index contributed by atoms with van der Waals surface area (Å²) in [7, 11) is 2.74. The summed E-state index contributed by atoms with van der Waals surface area (Å²) in [4.78, 5) is 334. The van der Waals surface area contributed by atoms with Gasteiger partial charge in [0.1, 0.15) is 103 Å². The number of primary amides is 4. The number of aliphatic hydroxyl groups is 2. The molecular weight excluding hydrogens is 1970 g/mol. The van der Waals surface area contributed by atoms with Gasteiger partial charge in [-0.15, -0.1) is 0 Å². The van der Waals surface area contributed by atoms with E-state index in [9.17, 15) is 110 Å². The molecule has 792 valence electrons. The second-order valence-corrected chi connectivity index (χ2v) is 39.7. The monoisotopic (exact) mass is 2090 g/mol. The van der Waals surface area contributed by atoms with Gasteiger partial charge in [-0.2, -0.15) is 13.2 Å². The molecule has 0 spiro atoms. The number of likely N-dealkylation sites (tertiary alicyclic amines) is 1. The Kier molecular flexibility index (Phi) is 48.5. The highest BCUT2D eigenvalue weighted by Gasteiger charge is 2.48. The summed E-state index contributed by atoms with van der Waals surface area (Å²) in [6, 6.07) is -31.7. The summed E-state index contributed by atoms with van der Waals surface area (Å²) >= 11 is 0. The zero-order valence-corrected chi connectivity index (χ0v) is 81.8. The number of nitrogens with two attached hydrogens (primary N) is 6. The van der Waals surface area contributed by atoms with Crippen molar-refractivity contribution in [3.05, 3.63) is 18.2 Å². The van der Waals surface area contributed by atoms with E-state index in [0.717, 1.165) is 21.6 Å². The zero-order valence-electron chi connectivity index (χ0n) is 78.5. The van der Waals surface area contributed by atoms with Crippen LogP contribution < -0.4 is 114 Å². The topological polar surface area (TPSA) is 872 Å². The van der Waals surface area contributed by atoms with Crippen molar-refractivity contribution in [2.45, 2.75) is 266 Å². The number of carbonyl (C=O) groups is 23. The molecule has 0 aromatic carbocycles. The van der Waals surface area contributed by atoms with Crippen LogP contribution in [0.15, 0.2) is 12.5 Å². The maximum Gasteiger partial charge on any atom is 0.490 e. The molecule has 0 aliphatic carbocycles. The van der Waals surface area contributed by atoms with Crippen LogP contribution in [0.4, 0.5) is 13.2 Å². The molecule has 61 heteroatoms. The number of nitrogens with zero attached hydrogens (tertiary/aromatic N) is 4. The lowest BCUT2D eigenvalue weighted by atomic mass is 9.97. The van der Waals surface area contributed by atoms with Crippen molar-refractivity contribution in [3.8, 4) is 0 Å². The van der Waals surface area contributed by atoms with E-state index in [4.69, 9.17) is 49.7 Å². The molecule has 4 unspecified atom stereocenters. The SMILES string of the molecule is CC[C@H](C)C1NC(=O)C(CCC(N)=O)NC(=O)[C@@H]2CCCN2C(=O)[C@H](CC(N)=O)NC(=O)C(Cc2cnc[nH]2)NC(=O)C(C(C)C)NC(=O)[C@H]([C@@H](C)O)NC(=O)[C@@H]2CSSC[C@H](NC(=O)[C@@H]3CCCN3C(=O)[C@H](CC(=O)O)NC(=O)[C@@H](N)CCCNC(=N)N)C(=O)N[C@@H](CSSC[C@@H](C(N)=O)NC1=O)C(=O)N[C@@H](CO)C(=O)N[C@@H](CC(N)=O)C(=O)N1CCC[C@H]1C(=O)N[C@@H](C(C)C)C(=O)N2.O=C(O)C(F)(F)F. The van der Waals surface area contributed by atoms with Gasteiger partial charge in [0.2, 0.25) is 124 Å². The van der Waals surface area contributed by atoms with Gasteiger partial charge < -0.3 is 154 Å². The maximum atomic E-state index is 15.5. The Morgan fingerprint density at radius 3 is 1.51 bits per heavy atom. The molecule has 33 N–H and O–H groups in total. The average Bonchev–Trinajstić information content (AvgIpc) is 1.60. The van der Waals surface area contributed by atoms with Crippen LogP contribution in [0.1, 0.15) is 144 Å². The summed E-state index contributed by atoms with van der Waals surface area (Å²) in [5, 5.41) is 84.0. The Balaban J connectivity index is 0.00000488. The second kappa shape index (κ2) is 57.5. The molecule has 1 aromatic rings. The number of carbonyl (C=O) groups excluding carboxylic acids is 21. The molecule has 1 aromatic heterocycles. The summed E-state index contributed by atoms with van der Waals surface area (Å²) < 4.78 is 31.7. The first kappa shape index (κ1) is 120. The molecule has 6 heterocycles. The van der Waals surface area contributed by atoms with Crippen LogP contribution in [-0.2, 0) is 117 Å². The molecule has 21 amide bonds. The minimum Gasteiger partial charge on any atom is -0.481 e. The van der Waals surface area contributed by atoms with E-state index in [1.165, 1.54) is 47.1 Å². The van der Waals surface area contributed by atoms with Crippen molar-refractivity contribution >= 4 is 185 Å². The lowest BCUT2D eigenvalue weighted by Gasteiger charge is -2.32. The molecule has 5 aliphatic heterocycles. The Bertz CT molecular complexity index is 4730. The van der Waals surface area contributed by atoms with Crippen molar-refractivity contribution < 1.29 is 144 Å². The Labute approximate surface area is 826 Å². The number of nitrogens with one attached hydrogen (secondary N) is 17. The maximum absolute atomic E-state index is 15.5. The number of hydrogen-bond donors (Lipinski definition) is 27. The number of hydrogen-bond acceptors (Lipinski definition) is 32. The van der Waals surface area contributed by atoms with E-state index < -0.39 is 343 Å². The van der Waals surface area contributed by atoms with Gasteiger partial charge in [-0.3, -0.25) is 111 Å². The van der Waals surface area contributed by atoms with Crippen LogP contribution in [0.2, 0.25) is 0 Å². The van der Waals surface area contributed by atoms with Crippen molar-refractivity contribution in [3.63, 3.8) is 0 Å². The molecule has 0 saturated carbocycles. The number of carboxylic acids is 2. The van der Waals surface area contributed by atoms with Crippen LogP contribution in [-0.4, -0.2) is 364 Å². The summed E-state index contributed by atoms with van der Waals surface area (Å²) in [5.41, 5.74) is 34.4. The van der Waals surface area contributed by atoms with E-state index in [0.29, 0.717) is 43.2 Å². The second-order valence-electron chi connectivity index (χ2n) is 34.6. The third-order valence-electron chi connectivity index (χ3n) is 22.9. The van der Waals surface area contributed by atoms with Crippen molar-refractivity contribution in [2.75, 3.05) is 55.8 Å². The van der Waals surface area contributed by atoms with Gasteiger partial charge in [0.15, 0.2) is 5.96 Å². The number of fused-ring (bicyclic) bond motifs is 10. The molecular formula is C81H126F3N27O27S4. The number of imidazole rings is 1. The molecule has 20 atom stereocenters. The minimum absolute atomic E-state index is 0.0485. The highest BCUT2D eigenvalue weighted by Crippen LogP contribution is 2.29. The smallest absolute Gasteiger partial charge is 0.481 e. The van der Waals surface area contributed by atoms with E-state index in [2.05, 4.69) is 89.7 Å². The van der Waals surface area contributed by atoms with Crippen molar-refractivity contribution in [1.82, 2.24) is 104 Å². The van der Waals surface area contributed by atoms with Gasteiger partial charge >= 0.3 is 18.1 Å². The third-order valence-corrected chi connectivity index (χ3v) is 27.7. The van der Waals surface area contributed by atoms with E-state index in [1.54, 1.807) is 6.92 Å². The normalized spacial score (nSPS) is 26.4. The van der Waals surface area contributed by atoms with Gasteiger partial charge in [0.05, 0.1) is 44.3 Å². The van der Waals surface area contributed by atoms with Gasteiger partial charge in [-0.05, 0) is 82.5 Å². The predicted molar refractivity (Wildman–Crippen MR) is 500 cm³/mol. The lowest BCUT2D eigenvalue weighted by molar-refractivity contribution is -0.192. The Hall–Kier alpha value is -12.6. The van der Waals surface area contributed by atoms with Crippen LogP contribution in [0, 0.1) is 23.2 Å². The van der Waals surface area contributed by atoms with Gasteiger partial charge in [-0.1, -0.05) is 91.1 Å². The molecule has 54 nitrogen and oxygen atoms in total. The Morgan fingerprint density at radius 1 is 0.556 bits per heavy atom. The number of amides is 21. The Morgan fingerprint density at radius 2 is 1.01 bits per heavy atom. The number of aliphatic hydroxyl groups excluding tert-OH is 2. The molecule has 5 saturated heterocycles. The highest BCUT2D eigenvalue weighted by molar-refractivity contribution is 8.77. The average molecular weight is 2100 g/mol. The van der Waals surface area contributed by atoms with E-state index in [-0.39, 0.29) is 95.6 Å². The van der Waals surface area contributed by atoms with Crippen molar-refractivity contribution in [2.24, 2.45) is 52.2 Å². The van der Waals surface area contributed by atoms with Crippen LogP contribution in [0.25, 0.3) is 0 Å². The number of carboxylic acid groups (broad SMARTS) is 2. The fourth-order valence-electron chi connectivity index (χ4n) is 15.0. The molecule has 5 aliphatic rings. The highest BCUT2D eigenvalue weighted by atomic mass is 33.1. The number of halogens is 3. The third kappa shape index (κ3) is 37.7. The molecule has 6 rings (SSSR count). The van der Waals surface area contributed by atoms with Gasteiger partial charge in [-0.25, -0.2) is 9.78 Å². The molecule has 2 bridgehead atoms. The largest absolute Gasteiger partial charge is 0.490 e. The quantitative estimate of drug-likeness (QED) is 0.0168. The first-order chi connectivity index (χ1) is 66.6. The summed E-state index contributed by atoms with van der Waals surface area (Å²) in [5.74, 6) is -33.8. The molecule has 142 heavy (non-hydrogen) atoms. The van der Waals surface area contributed by atoms with Crippen LogP contribution in [0.3, 0.4) is 0 Å². The number of aliphatic carboxylic acids is 2. The van der Waals surface area contributed by atoms with Gasteiger partial charge in [0.25, 0.3) is 0 Å². The zero-order chi connectivity index (χ0) is 107. The summed E-state index contributed by atoms with van der Waals surface area (Å²) in [6.07, 6.45) is -8.77. The number of guanidine groups is 1. The first-order valence-corrected chi connectivity index (χ1v) is 50.0. The number of rotatable bonds is 27.